The van der Waals surface area contributed by atoms with Crippen LogP contribution in [-0.4, -0.2) is 46.6 Å². The largest absolute Gasteiger partial charge is 0.378 e. The number of urea groups is 1. The molecular weight excluding hydrogens is 320 g/mol. The number of amides is 2. The molecule has 0 unspecified atom stereocenters. The van der Waals surface area contributed by atoms with Crippen molar-refractivity contribution in [2.24, 2.45) is 0 Å². The Labute approximate surface area is 137 Å². The number of nitrogens with one attached hydrogen (secondary N) is 1. The normalized spacial score (nSPS) is 14.8. The molecule has 1 fully saturated rings. The van der Waals surface area contributed by atoms with Gasteiger partial charge in [-0.3, -0.25) is 5.32 Å². The molecule has 0 radical (unpaired) electrons. The zero-order valence-corrected chi connectivity index (χ0v) is 13.5. The van der Waals surface area contributed by atoms with Gasteiger partial charge in [0, 0.05) is 30.4 Å². The van der Waals surface area contributed by atoms with Crippen molar-refractivity contribution in [2.75, 3.05) is 31.6 Å². The fourth-order valence-electron chi connectivity index (χ4n) is 1.98. The lowest BCUT2D eigenvalue weighted by Crippen LogP contribution is -2.43. The van der Waals surface area contributed by atoms with E-state index in [1.807, 2.05) is 18.2 Å². The zero-order chi connectivity index (χ0) is 15.2. The summed E-state index contributed by atoms with van der Waals surface area (Å²) in [7, 11) is 0. The Morgan fingerprint density at radius 3 is 2.86 bits per heavy atom. The SMILES string of the molecule is O=C(Nc1nc(SCc2ccccc2)ns1)N1CCOCC1. The van der Waals surface area contributed by atoms with Crippen LogP contribution in [0, 0.1) is 0 Å². The van der Waals surface area contributed by atoms with Gasteiger partial charge < -0.3 is 9.64 Å². The van der Waals surface area contributed by atoms with Gasteiger partial charge in [-0.2, -0.15) is 9.36 Å². The third-order valence-corrected chi connectivity index (χ3v) is 4.79. The van der Waals surface area contributed by atoms with Gasteiger partial charge in [0.2, 0.25) is 10.3 Å². The molecule has 0 atom stereocenters. The van der Waals surface area contributed by atoms with Crippen molar-refractivity contribution < 1.29 is 9.53 Å². The van der Waals surface area contributed by atoms with Crippen LogP contribution in [0.25, 0.3) is 0 Å². The van der Waals surface area contributed by atoms with Crippen molar-refractivity contribution in [3.05, 3.63) is 35.9 Å². The number of rotatable bonds is 4. The fourth-order valence-corrected chi connectivity index (χ4v) is 3.47. The van der Waals surface area contributed by atoms with Crippen molar-refractivity contribution in [3.8, 4) is 0 Å². The quantitative estimate of drug-likeness (QED) is 0.870. The average molecular weight is 336 g/mol. The van der Waals surface area contributed by atoms with Gasteiger partial charge >= 0.3 is 6.03 Å². The maximum Gasteiger partial charge on any atom is 0.323 e. The van der Waals surface area contributed by atoms with Crippen LogP contribution >= 0.6 is 23.3 Å². The van der Waals surface area contributed by atoms with Crippen molar-refractivity contribution in [3.63, 3.8) is 0 Å². The smallest absolute Gasteiger partial charge is 0.323 e. The van der Waals surface area contributed by atoms with Crippen molar-refractivity contribution in [1.82, 2.24) is 14.3 Å². The highest BCUT2D eigenvalue weighted by molar-refractivity contribution is 7.98. The van der Waals surface area contributed by atoms with Crippen LogP contribution in [0.5, 0.6) is 0 Å². The summed E-state index contributed by atoms with van der Waals surface area (Å²) >= 11 is 2.77. The molecule has 1 aromatic heterocycles. The monoisotopic (exact) mass is 336 g/mol. The number of ether oxygens (including phenoxy) is 1. The molecule has 3 rings (SSSR count). The van der Waals surface area contributed by atoms with Gasteiger partial charge in [0.25, 0.3) is 0 Å². The third kappa shape index (κ3) is 4.19. The van der Waals surface area contributed by atoms with Crippen LogP contribution in [0.4, 0.5) is 9.93 Å². The van der Waals surface area contributed by atoms with Gasteiger partial charge in [0.1, 0.15) is 0 Å². The number of nitrogens with zero attached hydrogens (tertiary/aromatic N) is 3. The Kier molecular flexibility index (Phi) is 5.25. The van der Waals surface area contributed by atoms with E-state index in [1.165, 1.54) is 17.1 Å². The standard InChI is InChI=1S/C14H16N4O2S2/c19-14(18-6-8-20-9-7-18)16-12-15-13(17-22-12)21-10-11-4-2-1-3-5-11/h1-5H,6-10H2,(H,15,16,17,19). The molecule has 1 aromatic carbocycles. The first kappa shape index (κ1) is 15.3. The molecule has 22 heavy (non-hydrogen) atoms. The summed E-state index contributed by atoms with van der Waals surface area (Å²) in [5, 5.41) is 4.01. The lowest BCUT2D eigenvalue weighted by molar-refractivity contribution is 0.0564. The molecule has 1 aliphatic rings. The maximum absolute atomic E-state index is 12.0. The molecule has 2 heterocycles. The summed E-state index contributed by atoms with van der Waals surface area (Å²) in [6, 6.07) is 10.0. The topological polar surface area (TPSA) is 67.4 Å². The van der Waals surface area contributed by atoms with Gasteiger partial charge in [0.15, 0.2) is 0 Å². The van der Waals surface area contributed by atoms with E-state index in [1.54, 1.807) is 16.7 Å². The second-order valence-corrected chi connectivity index (χ2v) is 6.38. The number of thioether (sulfide) groups is 1. The number of aromatic nitrogens is 2. The molecule has 0 aliphatic carbocycles. The number of morpholine rings is 1. The predicted octanol–water partition coefficient (Wildman–Crippen LogP) is 2.69. The highest BCUT2D eigenvalue weighted by Gasteiger charge is 2.18. The van der Waals surface area contributed by atoms with Crippen molar-refractivity contribution >= 4 is 34.5 Å². The van der Waals surface area contributed by atoms with E-state index in [-0.39, 0.29) is 6.03 Å². The minimum Gasteiger partial charge on any atom is -0.378 e. The Bertz CT molecular complexity index is 614. The molecule has 6 nitrogen and oxygen atoms in total. The number of carbonyl (C=O) groups excluding carboxylic acids is 1. The van der Waals surface area contributed by atoms with Crippen LogP contribution in [0.15, 0.2) is 35.5 Å². The van der Waals surface area contributed by atoms with Crippen molar-refractivity contribution in [2.45, 2.75) is 10.9 Å². The van der Waals surface area contributed by atoms with E-state index in [4.69, 9.17) is 4.74 Å². The lowest BCUT2D eigenvalue weighted by Gasteiger charge is -2.26. The number of carbonyl (C=O) groups is 1. The van der Waals surface area contributed by atoms with Gasteiger partial charge in [-0.15, -0.1) is 0 Å². The van der Waals surface area contributed by atoms with E-state index >= 15 is 0 Å². The second-order valence-electron chi connectivity index (χ2n) is 4.69. The van der Waals surface area contributed by atoms with E-state index in [2.05, 4.69) is 26.8 Å². The molecular formula is C14H16N4O2S2. The first-order valence-corrected chi connectivity index (χ1v) is 8.71. The number of benzene rings is 1. The van der Waals surface area contributed by atoms with Gasteiger partial charge in [-0.05, 0) is 5.56 Å². The molecule has 0 spiro atoms. The Hall–Kier alpha value is -1.64. The Balaban J connectivity index is 1.51. The highest BCUT2D eigenvalue weighted by Crippen LogP contribution is 2.23. The zero-order valence-electron chi connectivity index (χ0n) is 11.9. The van der Waals surface area contributed by atoms with Gasteiger partial charge in [0.05, 0.1) is 13.2 Å². The summed E-state index contributed by atoms with van der Waals surface area (Å²) in [6.07, 6.45) is 0. The van der Waals surface area contributed by atoms with Crippen LogP contribution in [-0.2, 0) is 10.5 Å². The van der Waals surface area contributed by atoms with Crippen LogP contribution in [0.2, 0.25) is 0 Å². The van der Waals surface area contributed by atoms with E-state index in [0.717, 1.165) is 5.75 Å². The number of anilines is 1. The summed E-state index contributed by atoms with van der Waals surface area (Å²) in [5.74, 6) is 0.814. The van der Waals surface area contributed by atoms with Crippen LogP contribution < -0.4 is 5.32 Å². The molecule has 1 aliphatic heterocycles. The molecule has 8 heteroatoms. The second kappa shape index (κ2) is 7.57. The first-order valence-electron chi connectivity index (χ1n) is 6.95. The van der Waals surface area contributed by atoms with Crippen molar-refractivity contribution in [1.29, 1.82) is 0 Å². The van der Waals surface area contributed by atoms with Gasteiger partial charge in [-0.1, -0.05) is 42.1 Å². The average Bonchev–Trinajstić information content (AvgIpc) is 3.02. The van der Waals surface area contributed by atoms with Gasteiger partial charge in [-0.25, -0.2) is 4.79 Å². The van der Waals surface area contributed by atoms with Crippen LogP contribution in [0.3, 0.4) is 0 Å². The first-order chi connectivity index (χ1) is 10.8. The molecule has 0 bridgehead atoms. The molecule has 1 saturated heterocycles. The fraction of sp³-hybridized carbons (Fsp3) is 0.357. The Morgan fingerprint density at radius 1 is 1.32 bits per heavy atom. The summed E-state index contributed by atoms with van der Waals surface area (Å²) in [4.78, 5) is 18.1. The van der Waals surface area contributed by atoms with E-state index in [9.17, 15) is 4.79 Å². The summed E-state index contributed by atoms with van der Waals surface area (Å²) in [6.45, 7) is 2.39. The minimum atomic E-state index is -0.140. The number of hydrogen-bond acceptors (Lipinski definition) is 6. The summed E-state index contributed by atoms with van der Waals surface area (Å²) in [5.41, 5.74) is 1.22. The minimum absolute atomic E-state index is 0.140. The van der Waals surface area contributed by atoms with E-state index in [0.29, 0.717) is 36.6 Å². The number of hydrogen-bond donors (Lipinski definition) is 1. The third-order valence-electron chi connectivity index (χ3n) is 3.13. The summed E-state index contributed by atoms with van der Waals surface area (Å²) < 4.78 is 9.49. The lowest BCUT2D eigenvalue weighted by atomic mass is 10.2. The molecule has 2 aromatic rings. The molecule has 0 saturated carbocycles. The van der Waals surface area contributed by atoms with Crippen LogP contribution in [0.1, 0.15) is 5.56 Å². The van der Waals surface area contributed by atoms with E-state index < -0.39 is 0 Å². The maximum atomic E-state index is 12.0. The molecule has 2 amide bonds. The predicted molar refractivity (Wildman–Crippen MR) is 87.3 cm³/mol. The highest BCUT2D eigenvalue weighted by atomic mass is 32.2. The Morgan fingerprint density at radius 2 is 2.09 bits per heavy atom. The molecule has 1 N–H and O–H groups in total. The molecule has 116 valence electrons.